The van der Waals surface area contributed by atoms with Crippen molar-refractivity contribution in [1.29, 1.82) is 0 Å². The van der Waals surface area contributed by atoms with Crippen molar-refractivity contribution in [2.24, 2.45) is 0 Å². The number of nitrogens with one attached hydrogen (secondary N) is 2. The van der Waals surface area contributed by atoms with Crippen molar-refractivity contribution in [3.63, 3.8) is 0 Å². The molecule has 3 aromatic carbocycles. The summed E-state index contributed by atoms with van der Waals surface area (Å²) in [4.78, 5) is 17.8. The zero-order valence-corrected chi connectivity index (χ0v) is 18.3. The van der Waals surface area contributed by atoms with Crippen LogP contribution in [0.3, 0.4) is 0 Å². The van der Waals surface area contributed by atoms with Crippen LogP contribution < -0.4 is 10.0 Å². The third-order valence-electron chi connectivity index (χ3n) is 4.59. The number of carbonyl (C=O) groups is 1. The van der Waals surface area contributed by atoms with Gasteiger partial charge in [0, 0.05) is 26.9 Å². The molecule has 4 rings (SSSR count). The van der Waals surface area contributed by atoms with E-state index in [0.717, 1.165) is 22.6 Å². The van der Waals surface area contributed by atoms with Gasteiger partial charge in [-0.3, -0.25) is 4.79 Å². The Balaban J connectivity index is 1.47. The van der Waals surface area contributed by atoms with Gasteiger partial charge in [0.05, 0.1) is 6.20 Å². The molecule has 31 heavy (non-hydrogen) atoms. The van der Waals surface area contributed by atoms with Crippen LogP contribution >= 0.6 is 23.5 Å². The fraction of sp³-hybridized carbons (Fsp3) is 0.0833. The Morgan fingerprint density at radius 1 is 1.03 bits per heavy atom. The lowest BCUT2D eigenvalue weighted by Crippen LogP contribution is -2.12. The van der Waals surface area contributed by atoms with Gasteiger partial charge in [0.1, 0.15) is 0 Å². The second-order valence-corrected chi connectivity index (χ2v) is 8.02. The number of hydrogen-bond acceptors (Lipinski definition) is 5. The first kappa shape index (κ1) is 21.0. The number of carbonyl (C=O) groups excluding carboxylic acids is 1. The molecule has 0 atom stereocenters. The van der Waals surface area contributed by atoms with Crippen LogP contribution in [0.1, 0.15) is 23.2 Å². The fourth-order valence-electron chi connectivity index (χ4n) is 2.95. The van der Waals surface area contributed by atoms with Gasteiger partial charge >= 0.3 is 5.91 Å². The molecule has 0 unspecified atom stereocenters. The largest absolute Gasteiger partial charge is 0.432 e. The van der Waals surface area contributed by atoms with E-state index in [-0.39, 0.29) is 5.89 Å². The van der Waals surface area contributed by atoms with Crippen LogP contribution in [0.4, 0.5) is 11.4 Å². The van der Waals surface area contributed by atoms with Crippen LogP contribution in [0.2, 0.25) is 5.02 Å². The number of anilines is 2. The second-order valence-electron chi connectivity index (χ2n) is 6.74. The first-order chi connectivity index (χ1) is 15.1. The van der Waals surface area contributed by atoms with E-state index in [2.05, 4.69) is 21.9 Å². The van der Waals surface area contributed by atoms with E-state index in [1.807, 2.05) is 72.8 Å². The molecule has 0 fully saturated rings. The van der Waals surface area contributed by atoms with Gasteiger partial charge in [-0.2, -0.15) is 0 Å². The molecule has 5 nitrogen and oxygen atoms in total. The SMILES string of the molecule is CCc1ccc(NC(=O)c2ncc(-c3ccccc3)o2)cc1SNc1ccc(Cl)cc1. The molecular weight excluding hydrogens is 430 g/mol. The summed E-state index contributed by atoms with van der Waals surface area (Å²) in [6.45, 7) is 2.10. The van der Waals surface area contributed by atoms with Crippen LogP contribution in [0.15, 0.2) is 88.3 Å². The number of nitrogens with zero attached hydrogens (tertiary/aromatic N) is 1. The summed E-state index contributed by atoms with van der Waals surface area (Å²) in [7, 11) is 0. The molecule has 1 amide bonds. The van der Waals surface area contributed by atoms with Crippen molar-refractivity contribution in [2.45, 2.75) is 18.2 Å². The standard InChI is InChI=1S/C24H20ClN3O2S/c1-2-16-8-11-20(14-22(16)31-28-19-12-9-18(25)10-13-19)27-23(29)24-26-15-21(30-24)17-6-4-3-5-7-17/h3-15,28H,2H2,1H3,(H,27,29). The quantitative estimate of drug-likeness (QED) is 0.299. The molecule has 2 N–H and O–H groups in total. The van der Waals surface area contributed by atoms with Gasteiger partial charge in [-0.25, -0.2) is 4.98 Å². The summed E-state index contributed by atoms with van der Waals surface area (Å²) in [6.07, 6.45) is 2.43. The molecule has 0 aliphatic heterocycles. The zero-order chi connectivity index (χ0) is 21.6. The van der Waals surface area contributed by atoms with E-state index in [4.69, 9.17) is 16.0 Å². The monoisotopic (exact) mass is 449 g/mol. The van der Waals surface area contributed by atoms with E-state index >= 15 is 0 Å². The molecule has 1 aromatic heterocycles. The molecule has 0 aliphatic carbocycles. The molecule has 7 heteroatoms. The molecule has 0 saturated carbocycles. The van der Waals surface area contributed by atoms with Crippen LogP contribution in [0.5, 0.6) is 0 Å². The maximum absolute atomic E-state index is 12.6. The van der Waals surface area contributed by atoms with E-state index in [0.29, 0.717) is 16.5 Å². The Bertz CT molecular complexity index is 1180. The maximum Gasteiger partial charge on any atom is 0.311 e. The minimum absolute atomic E-state index is 0.0203. The van der Waals surface area contributed by atoms with Gasteiger partial charge in [0.15, 0.2) is 5.76 Å². The minimum Gasteiger partial charge on any atom is -0.432 e. The highest BCUT2D eigenvalue weighted by molar-refractivity contribution is 8.00. The molecular formula is C24H20ClN3O2S. The van der Waals surface area contributed by atoms with Gasteiger partial charge < -0.3 is 14.5 Å². The van der Waals surface area contributed by atoms with Crippen LogP contribution in [0, 0.1) is 0 Å². The molecule has 156 valence electrons. The second kappa shape index (κ2) is 9.73. The first-order valence-electron chi connectivity index (χ1n) is 9.76. The third kappa shape index (κ3) is 5.29. The van der Waals surface area contributed by atoms with Crippen molar-refractivity contribution in [2.75, 3.05) is 10.0 Å². The van der Waals surface area contributed by atoms with E-state index in [1.54, 1.807) is 6.20 Å². The summed E-state index contributed by atoms with van der Waals surface area (Å²) in [5.74, 6) is 0.176. The zero-order valence-electron chi connectivity index (χ0n) is 16.8. The summed E-state index contributed by atoms with van der Waals surface area (Å²) in [5, 5.41) is 3.56. The van der Waals surface area contributed by atoms with Crippen molar-refractivity contribution < 1.29 is 9.21 Å². The Morgan fingerprint density at radius 3 is 2.52 bits per heavy atom. The lowest BCUT2D eigenvalue weighted by atomic mass is 10.1. The van der Waals surface area contributed by atoms with E-state index < -0.39 is 5.91 Å². The highest BCUT2D eigenvalue weighted by Crippen LogP contribution is 2.29. The predicted molar refractivity (Wildman–Crippen MR) is 127 cm³/mol. The Kier molecular flexibility index (Phi) is 6.60. The molecule has 4 aromatic rings. The number of benzene rings is 3. The predicted octanol–water partition coefficient (Wildman–Crippen LogP) is 6.93. The van der Waals surface area contributed by atoms with Crippen molar-refractivity contribution in [3.8, 4) is 11.3 Å². The number of hydrogen-bond donors (Lipinski definition) is 2. The molecule has 1 heterocycles. The first-order valence-corrected chi connectivity index (χ1v) is 11.0. The topological polar surface area (TPSA) is 67.2 Å². The third-order valence-corrected chi connectivity index (χ3v) is 5.78. The average molecular weight is 450 g/mol. The van der Waals surface area contributed by atoms with Gasteiger partial charge in [0.25, 0.3) is 5.89 Å². The van der Waals surface area contributed by atoms with Gasteiger partial charge in [0.2, 0.25) is 0 Å². The maximum atomic E-state index is 12.6. The van der Waals surface area contributed by atoms with Gasteiger partial charge in [-0.1, -0.05) is 54.9 Å². The normalized spacial score (nSPS) is 10.6. The number of rotatable bonds is 7. The molecule has 0 spiro atoms. The molecule has 0 radical (unpaired) electrons. The Hall–Kier alpha value is -3.22. The fourth-order valence-corrected chi connectivity index (χ4v) is 3.97. The summed E-state index contributed by atoms with van der Waals surface area (Å²) < 4.78 is 8.95. The lowest BCUT2D eigenvalue weighted by molar-refractivity contribution is 0.0991. The minimum atomic E-state index is -0.395. The van der Waals surface area contributed by atoms with Crippen molar-refractivity contribution >= 4 is 40.8 Å². The highest BCUT2D eigenvalue weighted by atomic mass is 35.5. The molecule has 0 saturated heterocycles. The highest BCUT2D eigenvalue weighted by Gasteiger charge is 2.15. The number of aromatic nitrogens is 1. The Morgan fingerprint density at radius 2 is 1.77 bits per heavy atom. The van der Waals surface area contributed by atoms with Gasteiger partial charge in [-0.05, 0) is 60.3 Å². The van der Waals surface area contributed by atoms with Crippen molar-refractivity contribution in [1.82, 2.24) is 4.98 Å². The summed E-state index contributed by atoms with van der Waals surface area (Å²) in [5.41, 5.74) is 3.65. The van der Waals surface area contributed by atoms with E-state index in [1.165, 1.54) is 17.5 Å². The van der Waals surface area contributed by atoms with Crippen LogP contribution in [0.25, 0.3) is 11.3 Å². The molecule has 0 bridgehead atoms. The average Bonchev–Trinajstić information content (AvgIpc) is 3.30. The lowest BCUT2D eigenvalue weighted by Gasteiger charge is -2.12. The number of oxazole rings is 1. The number of halogens is 1. The summed E-state index contributed by atoms with van der Waals surface area (Å²) >= 11 is 7.43. The van der Waals surface area contributed by atoms with Crippen molar-refractivity contribution in [3.05, 3.63) is 95.5 Å². The van der Waals surface area contributed by atoms with Gasteiger partial charge in [-0.15, -0.1) is 0 Å². The Labute approximate surface area is 190 Å². The van der Waals surface area contributed by atoms with E-state index in [9.17, 15) is 4.79 Å². The smallest absolute Gasteiger partial charge is 0.311 e. The number of amides is 1. The number of aryl methyl sites for hydroxylation is 1. The van der Waals surface area contributed by atoms with Crippen LogP contribution in [-0.4, -0.2) is 10.9 Å². The summed E-state index contributed by atoms with van der Waals surface area (Å²) in [6, 6.07) is 22.9. The van der Waals surface area contributed by atoms with Crippen LogP contribution in [-0.2, 0) is 6.42 Å². The molecule has 0 aliphatic rings.